The van der Waals surface area contributed by atoms with Gasteiger partial charge >= 0.3 is 5.97 Å². The summed E-state index contributed by atoms with van der Waals surface area (Å²) >= 11 is 0. The molecule has 0 saturated carbocycles. The van der Waals surface area contributed by atoms with Crippen LogP contribution in [0.15, 0.2) is 0 Å². The summed E-state index contributed by atoms with van der Waals surface area (Å²) in [5.41, 5.74) is 0. The third kappa shape index (κ3) is 4.38. The Morgan fingerprint density at radius 3 is 2.28 bits per heavy atom. The van der Waals surface area contributed by atoms with Gasteiger partial charge in [0.05, 0.1) is 13.2 Å². The Labute approximate surface area is 109 Å². The first-order valence-corrected chi connectivity index (χ1v) is 6.55. The molecule has 5 nitrogen and oxygen atoms in total. The third-order valence-electron chi connectivity index (χ3n) is 3.48. The van der Waals surface area contributed by atoms with Crippen LogP contribution < -0.4 is 0 Å². The van der Waals surface area contributed by atoms with E-state index in [9.17, 15) is 9.59 Å². The highest BCUT2D eigenvalue weighted by atomic mass is 16.5. The molecule has 0 radical (unpaired) electrons. The van der Waals surface area contributed by atoms with E-state index in [1.807, 2.05) is 0 Å². The maximum atomic E-state index is 11.7. The van der Waals surface area contributed by atoms with Crippen molar-refractivity contribution in [1.82, 2.24) is 9.80 Å². The molecule has 1 aliphatic rings. The van der Waals surface area contributed by atoms with Gasteiger partial charge in [0.2, 0.25) is 0 Å². The fourth-order valence-corrected chi connectivity index (χ4v) is 2.32. The summed E-state index contributed by atoms with van der Waals surface area (Å²) in [6.07, 6.45) is -0.108. The molecular weight excluding hydrogens is 232 g/mol. The number of piperazine rings is 1. The minimum atomic E-state index is -0.419. The summed E-state index contributed by atoms with van der Waals surface area (Å²) in [7, 11) is 2.10. The summed E-state index contributed by atoms with van der Waals surface area (Å²) in [5.74, 6) is -0.477. The standard InChI is InChI=1S/C13H24N2O3/c1-5-18-13(17)6-12(16)9-15-7-10(2)14(4)11(3)8-15/h10-11H,5-9H2,1-4H3. The topological polar surface area (TPSA) is 49.9 Å². The van der Waals surface area contributed by atoms with E-state index in [-0.39, 0.29) is 12.2 Å². The average molecular weight is 256 g/mol. The van der Waals surface area contributed by atoms with Crippen molar-refractivity contribution < 1.29 is 14.3 Å². The zero-order valence-electron chi connectivity index (χ0n) is 11.8. The molecule has 1 fully saturated rings. The van der Waals surface area contributed by atoms with Crippen LogP contribution >= 0.6 is 0 Å². The molecule has 104 valence electrons. The predicted octanol–water partition coefficient (Wildman–Crippen LogP) is 0.533. The second-order valence-electron chi connectivity index (χ2n) is 5.08. The third-order valence-corrected chi connectivity index (χ3v) is 3.48. The molecule has 0 N–H and O–H groups in total. The lowest BCUT2D eigenvalue weighted by Crippen LogP contribution is -2.55. The van der Waals surface area contributed by atoms with Crippen LogP contribution in [0.2, 0.25) is 0 Å². The fraction of sp³-hybridized carbons (Fsp3) is 0.846. The molecular formula is C13H24N2O3. The van der Waals surface area contributed by atoms with Crippen molar-refractivity contribution >= 4 is 11.8 Å². The number of hydrogen-bond donors (Lipinski definition) is 0. The van der Waals surface area contributed by atoms with E-state index < -0.39 is 5.97 Å². The average Bonchev–Trinajstić information content (AvgIpc) is 2.25. The Balaban J connectivity index is 2.38. The highest BCUT2D eigenvalue weighted by molar-refractivity contribution is 5.96. The number of esters is 1. The zero-order valence-corrected chi connectivity index (χ0v) is 11.8. The van der Waals surface area contributed by atoms with Gasteiger partial charge in [0, 0.05) is 25.2 Å². The smallest absolute Gasteiger partial charge is 0.313 e. The molecule has 0 aliphatic carbocycles. The normalized spacial score (nSPS) is 26.0. The molecule has 2 atom stereocenters. The number of rotatable bonds is 5. The number of carbonyl (C=O) groups excluding carboxylic acids is 2. The van der Waals surface area contributed by atoms with Crippen molar-refractivity contribution in [1.29, 1.82) is 0 Å². The minimum absolute atomic E-state index is 0.0580. The number of ether oxygens (including phenoxy) is 1. The first kappa shape index (κ1) is 15.1. The van der Waals surface area contributed by atoms with E-state index in [0.717, 1.165) is 13.1 Å². The van der Waals surface area contributed by atoms with Crippen molar-refractivity contribution in [2.45, 2.75) is 39.3 Å². The summed E-state index contributed by atoms with van der Waals surface area (Å²) < 4.78 is 4.77. The van der Waals surface area contributed by atoms with E-state index in [4.69, 9.17) is 4.74 Å². The number of nitrogens with zero attached hydrogens (tertiary/aromatic N) is 2. The summed E-state index contributed by atoms with van der Waals surface area (Å²) in [5, 5.41) is 0. The first-order chi connectivity index (χ1) is 8.43. The molecule has 1 heterocycles. The van der Waals surface area contributed by atoms with Gasteiger partial charge in [0.1, 0.15) is 6.42 Å². The summed E-state index contributed by atoms with van der Waals surface area (Å²) in [6.45, 7) is 8.46. The van der Waals surface area contributed by atoms with E-state index in [0.29, 0.717) is 25.2 Å². The van der Waals surface area contributed by atoms with Crippen molar-refractivity contribution in [2.75, 3.05) is 33.3 Å². The molecule has 0 bridgehead atoms. The molecule has 2 unspecified atom stereocenters. The monoisotopic (exact) mass is 256 g/mol. The number of likely N-dealkylation sites (N-methyl/N-ethyl adjacent to an activating group) is 1. The molecule has 1 aliphatic heterocycles. The van der Waals surface area contributed by atoms with Gasteiger partial charge in [0.15, 0.2) is 5.78 Å². The van der Waals surface area contributed by atoms with Crippen LogP contribution in [0.4, 0.5) is 0 Å². The van der Waals surface area contributed by atoms with E-state index in [1.54, 1.807) is 6.92 Å². The maximum absolute atomic E-state index is 11.7. The highest BCUT2D eigenvalue weighted by Gasteiger charge is 2.27. The Morgan fingerprint density at radius 2 is 1.78 bits per heavy atom. The summed E-state index contributed by atoms with van der Waals surface area (Å²) in [6, 6.07) is 0.869. The van der Waals surface area contributed by atoms with Crippen LogP contribution in [0, 0.1) is 0 Å². The fourth-order valence-electron chi connectivity index (χ4n) is 2.32. The molecule has 5 heteroatoms. The van der Waals surface area contributed by atoms with Gasteiger partial charge in [0.25, 0.3) is 0 Å². The van der Waals surface area contributed by atoms with Gasteiger partial charge in [-0.2, -0.15) is 0 Å². The molecule has 0 aromatic carbocycles. The van der Waals surface area contributed by atoms with Gasteiger partial charge in [-0.05, 0) is 27.8 Å². The number of ketones is 1. The van der Waals surface area contributed by atoms with E-state index in [1.165, 1.54) is 0 Å². The lowest BCUT2D eigenvalue weighted by molar-refractivity contribution is -0.145. The van der Waals surface area contributed by atoms with Gasteiger partial charge in [-0.1, -0.05) is 0 Å². The Morgan fingerprint density at radius 1 is 1.22 bits per heavy atom. The number of hydrogen-bond acceptors (Lipinski definition) is 5. The SMILES string of the molecule is CCOC(=O)CC(=O)CN1CC(C)N(C)C(C)C1. The Hall–Kier alpha value is -0.940. The number of carbonyl (C=O) groups is 2. The maximum Gasteiger partial charge on any atom is 0.313 e. The quantitative estimate of drug-likeness (QED) is 0.530. The Kier molecular flexibility index (Phi) is 5.75. The summed E-state index contributed by atoms with van der Waals surface area (Å²) in [4.78, 5) is 27.4. The van der Waals surface area contributed by atoms with Gasteiger partial charge < -0.3 is 4.74 Å². The van der Waals surface area contributed by atoms with Crippen LogP contribution in [0.1, 0.15) is 27.2 Å². The van der Waals surface area contributed by atoms with Crippen molar-refractivity contribution in [3.05, 3.63) is 0 Å². The van der Waals surface area contributed by atoms with Crippen molar-refractivity contribution in [3.8, 4) is 0 Å². The van der Waals surface area contributed by atoms with Crippen LogP contribution in [0.5, 0.6) is 0 Å². The zero-order chi connectivity index (χ0) is 13.7. The largest absolute Gasteiger partial charge is 0.466 e. The molecule has 0 aromatic heterocycles. The van der Waals surface area contributed by atoms with Crippen molar-refractivity contribution in [3.63, 3.8) is 0 Å². The van der Waals surface area contributed by atoms with Gasteiger partial charge in [-0.3, -0.25) is 19.4 Å². The van der Waals surface area contributed by atoms with Crippen LogP contribution in [-0.4, -0.2) is 66.9 Å². The molecule has 1 saturated heterocycles. The van der Waals surface area contributed by atoms with Gasteiger partial charge in [-0.15, -0.1) is 0 Å². The molecule has 1 rings (SSSR count). The predicted molar refractivity (Wildman–Crippen MR) is 69.4 cm³/mol. The molecule has 18 heavy (non-hydrogen) atoms. The highest BCUT2D eigenvalue weighted by Crippen LogP contribution is 2.13. The Bertz CT molecular complexity index is 295. The second-order valence-corrected chi connectivity index (χ2v) is 5.08. The van der Waals surface area contributed by atoms with E-state index in [2.05, 4.69) is 30.7 Å². The van der Waals surface area contributed by atoms with Crippen LogP contribution in [0.3, 0.4) is 0 Å². The number of Topliss-reactive ketones (excluding diaryl/α,β-unsaturated/α-hetero) is 1. The lowest BCUT2D eigenvalue weighted by Gasteiger charge is -2.42. The molecule has 0 aromatic rings. The molecule has 0 amide bonds. The van der Waals surface area contributed by atoms with Crippen LogP contribution in [-0.2, 0) is 14.3 Å². The van der Waals surface area contributed by atoms with Gasteiger partial charge in [-0.25, -0.2) is 0 Å². The minimum Gasteiger partial charge on any atom is -0.466 e. The van der Waals surface area contributed by atoms with E-state index >= 15 is 0 Å². The lowest BCUT2D eigenvalue weighted by atomic mass is 10.1. The first-order valence-electron chi connectivity index (χ1n) is 6.55. The van der Waals surface area contributed by atoms with Crippen LogP contribution in [0.25, 0.3) is 0 Å². The second kappa shape index (κ2) is 6.85. The molecule has 0 spiro atoms. The van der Waals surface area contributed by atoms with Crippen molar-refractivity contribution in [2.24, 2.45) is 0 Å².